The van der Waals surface area contributed by atoms with Gasteiger partial charge in [-0.05, 0) is 6.92 Å². The fraction of sp³-hybridized carbons (Fsp3) is 0.125. The fourth-order valence-corrected chi connectivity index (χ4v) is 1.17. The van der Waals surface area contributed by atoms with E-state index < -0.39 is 5.91 Å². The molecule has 0 atom stereocenters. The Morgan fingerprint density at radius 3 is 3.08 bits per heavy atom. The zero-order chi connectivity index (χ0) is 9.42. The summed E-state index contributed by atoms with van der Waals surface area (Å²) in [6.07, 6.45) is 3.15. The van der Waals surface area contributed by atoms with E-state index in [1.165, 1.54) is 6.20 Å². The summed E-state index contributed by atoms with van der Waals surface area (Å²) in [5, 5.41) is 0. The van der Waals surface area contributed by atoms with E-state index in [4.69, 9.17) is 5.73 Å². The molecule has 1 amide bonds. The number of H-pyrrole nitrogens is 1. The molecule has 0 radical (unpaired) electrons. The van der Waals surface area contributed by atoms with E-state index in [0.717, 1.165) is 5.69 Å². The number of amides is 1. The average molecular weight is 176 g/mol. The molecular weight excluding hydrogens is 168 g/mol. The highest BCUT2D eigenvalue weighted by Crippen LogP contribution is 2.12. The van der Waals surface area contributed by atoms with E-state index in [0.29, 0.717) is 16.7 Å². The van der Waals surface area contributed by atoms with Crippen LogP contribution in [0.15, 0.2) is 12.4 Å². The van der Waals surface area contributed by atoms with Gasteiger partial charge >= 0.3 is 0 Å². The first-order chi connectivity index (χ1) is 6.18. The molecule has 3 N–H and O–H groups in total. The molecule has 5 nitrogen and oxygen atoms in total. The summed E-state index contributed by atoms with van der Waals surface area (Å²) < 4.78 is 0. The minimum absolute atomic E-state index is 0.381. The van der Waals surface area contributed by atoms with Crippen LogP contribution in [0.5, 0.6) is 0 Å². The predicted octanol–water partition coefficient (Wildman–Crippen LogP) is 0.365. The SMILES string of the molecule is Cc1cnc2[nH]cc(C(N)=O)c2n1. The number of aryl methyl sites for hydroxylation is 1. The summed E-state index contributed by atoms with van der Waals surface area (Å²) in [6.45, 7) is 1.81. The molecule has 0 unspecified atom stereocenters. The molecule has 2 aromatic rings. The van der Waals surface area contributed by atoms with Crippen LogP contribution in [0.3, 0.4) is 0 Å². The van der Waals surface area contributed by atoms with Crippen molar-refractivity contribution in [3.05, 3.63) is 23.7 Å². The van der Waals surface area contributed by atoms with Gasteiger partial charge in [-0.1, -0.05) is 0 Å². The van der Waals surface area contributed by atoms with E-state index >= 15 is 0 Å². The zero-order valence-electron chi connectivity index (χ0n) is 7.03. The second-order valence-corrected chi connectivity index (χ2v) is 2.78. The summed E-state index contributed by atoms with van der Waals surface area (Å²) in [6, 6.07) is 0. The van der Waals surface area contributed by atoms with E-state index in [1.807, 2.05) is 6.92 Å². The second kappa shape index (κ2) is 2.55. The number of rotatable bonds is 1. The van der Waals surface area contributed by atoms with Crippen LogP contribution in [0.4, 0.5) is 0 Å². The van der Waals surface area contributed by atoms with E-state index in [2.05, 4.69) is 15.0 Å². The molecule has 0 aliphatic rings. The number of primary amides is 1. The molecule has 0 spiro atoms. The number of aromatic amines is 1. The minimum atomic E-state index is -0.494. The highest BCUT2D eigenvalue weighted by molar-refractivity contribution is 6.03. The number of nitrogens with zero attached hydrogens (tertiary/aromatic N) is 2. The number of hydrogen-bond acceptors (Lipinski definition) is 3. The smallest absolute Gasteiger partial charge is 0.252 e. The van der Waals surface area contributed by atoms with Crippen LogP contribution in [0.1, 0.15) is 16.1 Å². The second-order valence-electron chi connectivity index (χ2n) is 2.78. The Hall–Kier alpha value is -1.91. The first-order valence-corrected chi connectivity index (χ1v) is 3.79. The molecule has 66 valence electrons. The number of aromatic nitrogens is 3. The maximum Gasteiger partial charge on any atom is 0.252 e. The Kier molecular flexibility index (Phi) is 1.51. The predicted molar refractivity (Wildman–Crippen MR) is 47.1 cm³/mol. The lowest BCUT2D eigenvalue weighted by Crippen LogP contribution is -2.10. The quantitative estimate of drug-likeness (QED) is 0.658. The number of carbonyl (C=O) groups is 1. The van der Waals surface area contributed by atoms with Gasteiger partial charge in [0, 0.05) is 6.20 Å². The summed E-state index contributed by atoms with van der Waals surface area (Å²) >= 11 is 0. The van der Waals surface area contributed by atoms with Crippen molar-refractivity contribution >= 4 is 17.1 Å². The van der Waals surface area contributed by atoms with E-state index in [9.17, 15) is 4.79 Å². The lowest BCUT2D eigenvalue weighted by atomic mass is 10.3. The normalized spacial score (nSPS) is 10.5. The highest BCUT2D eigenvalue weighted by atomic mass is 16.1. The van der Waals surface area contributed by atoms with Gasteiger partial charge in [0.25, 0.3) is 5.91 Å². The summed E-state index contributed by atoms with van der Waals surface area (Å²) in [5.74, 6) is -0.494. The number of nitrogens with one attached hydrogen (secondary N) is 1. The standard InChI is InChI=1S/C8H8N4O/c1-4-2-10-8-6(12-4)5(3-11-8)7(9)13/h2-3H,1H3,(H2,9,13)(H,10,11). The van der Waals surface area contributed by atoms with Gasteiger partial charge in [-0.3, -0.25) is 4.79 Å². The van der Waals surface area contributed by atoms with Gasteiger partial charge in [-0.15, -0.1) is 0 Å². The van der Waals surface area contributed by atoms with Crippen molar-refractivity contribution in [1.82, 2.24) is 15.0 Å². The first kappa shape index (κ1) is 7.72. The highest BCUT2D eigenvalue weighted by Gasteiger charge is 2.10. The summed E-state index contributed by atoms with van der Waals surface area (Å²) in [4.78, 5) is 22.0. The monoisotopic (exact) mass is 176 g/mol. The number of fused-ring (bicyclic) bond motifs is 1. The maximum atomic E-state index is 10.9. The van der Waals surface area contributed by atoms with E-state index in [-0.39, 0.29) is 0 Å². The van der Waals surface area contributed by atoms with Crippen molar-refractivity contribution in [3.63, 3.8) is 0 Å². The Labute approximate surface area is 74.0 Å². The van der Waals surface area contributed by atoms with Gasteiger partial charge in [-0.25, -0.2) is 9.97 Å². The molecular formula is C8H8N4O. The first-order valence-electron chi connectivity index (χ1n) is 3.79. The molecule has 2 aromatic heterocycles. The van der Waals surface area contributed by atoms with Gasteiger partial charge < -0.3 is 10.7 Å². The molecule has 2 rings (SSSR count). The van der Waals surface area contributed by atoms with Crippen LogP contribution in [-0.2, 0) is 0 Å². The summed E-state index contributed by atoms with van der Waals surface area (Å²) in [7, 11) is 0. The Bertz CT molecular complexity index is 474. The van der Waals surface area contributed by atoms with Gasteiger partial charge in [0.2, 0.25) is 0 Å². The molecule has 0 saturated carbocycles. The third kappa shape index (κ3) is 1.14. The van der Waals surface area contributed by atoms with Crippen LogP contribution in [0, 0.1) is 6.92 Å². The third-order valence-electron chi connectivity index (χ3n) is 1.77. The maximum absolute atomic E-state index is 10.9. The van der Waals surface area contributed by atoms with Crippen molar-refractivity contribution in [1.29, 1.82) is 0 Å². The van der Waals surface area contributed by atoms with Crippen molar-refractivity contribution in [3.8, 4) is 0 Å². The Balaban J connectivity index is 2.79. The van der Waals surface area contributed by atoms with Gasteiger partial charge in [0.05, 0.1) is 17.5 Å². The largest absolute Gasteiger partial charge is 0.365 e. The average Bonchev–Trinajstić information content (AvgIpc) is 2.46. The third-order valence-corrected chi connectivity index (χ3v) is 1.77. The van der Waals surface area contributed by atoms with Crippen molar-refractivity contribution in [2.45, 2.75) is 6.92 Å². The van der Waals surface area contributed by atoms with Gasteiger partial charge in [0.1, 0.15) is 5.52 Å². The molecule has 5 heteroatoms. The molecule has 2 heterocycles. The van der Waals surface area contributed by atoms with Crippen LogP contribution < -0.4 is 5.73 Å². The van der Waals surface area contributed by atoms with Crippen molar-refractivity contribution in [2.75, 3.05) is 0 Å². The Morgan fingerprint density at radius 2 is 2.38 bits per heavy atom. The fourth-order valence-electron chi connectivity index (χ4n) is 1.17. The topological polar surface area (TPSA) is 84.7 Å². The summed E-state index contributed by atoms with van der Waals surface area (Å²) in [5.41, 5.74) is 7.40. The van der Waals surface area contributed by atoms with Crippen LogP contribution in [0.25, 0.3) is 11.2 Å². The van der Waals surface area contributed by atoms with Crippen LogP contribution in [-0.4, -0.2) is 20.9 Å². The molecule has 0 aliphatic carbocycles. The lowest BCUT2D eigenvalue weighted by molar-refractivity contribution is 0.100. The van der Waals surface area contributed by atoms with Crippen molar-refractivity contribution < 1.29 is 4.79 Å². The molecule has 13 heavy (non-hydrogen) atoms. The van der Waals surface area contributed by atoms with Crippen molar-refractivity contribution in [2.24, 2.45) is 5.73 Å². The molecule has 0 aliphatic heterocycles. The minimum Gasteiger partial charge on any atom is -0.365 e. The number of nitrogens with two attached hydrogens (primary N) is 1. The van der Waals surface area contributed by atoms with Gasteiger partial charge in [0.15, 0.2) is 5.65 Å². The van der Waals surface area contributed by atoms with Gasteiger partial charge in [-0.2, -0.15) is 0 Å². The molecule has 0 bridgehead atoms. The van der Waals surface area contributed by atoms with Crippen LogP contribution >= 0.6 is 0 Å². The Morgan fingerprint density at radius 1 is 1.62 bits per heavy atom. The molecule has 0 saturated heterocycles. The zero-order valence-corrected chi connectivity index (χ0v) is 7.03. The number of carbonyl (C=O) groups excluding carboxylic acids is 1. The number of hydrogen-bond donors (Lipinski definition) is 2. The lowest BCUT2D eigenvalue weighted by Gasteiger charge is -1.93. The molecule has 0 fully saturated rings. The van der Waals surface area contributed by atoms with Crippen LogP contribution in [0.2, 0.25) is 0 Å². The molecule has 0 aromatic carbocycles. The van der Waals surface area contributed by atoms with E-state index in [1.54, 1.807) is 6.20 Å².